The van der Waals surface area contributed by atoms with Gasteiger partial charge in [0, 0.05) is 10.9 Å². The lowest BCUT2D eigenvalue weighted by Crippen LogP contribution is -1.96. The second-order valence-corrected chi connectivity index (χ2v) is 4.41. The number of benzene rings is 1. The Balaban J connectivity index is 2.53. The maximum absolute atomic E-state index is 13.0. The van der Waals surface area contributed by atoms with Crippen molar-refractivity contribution in [3.8, 4) is 10.4 Å². The molecule has 0 aliphatic heterocycles. The van der Waals surface area contributed by atoms with Gasteiger partial charge in [0.25, 0.3) is 0 Å². The molecule has 0 atom stereocenters. The molecule has 0 aliphatic rings. The Morgan fingerprint density at radius 3 is 2.24 bits per heavy atom. The second kappa shape index (κ2) is 4.14. The summed E-state index contributed by atoms with van der Waals surface area (Å²) in [5.74, 6) is -2.59. The van der Waals surface area contributed by atoms with E-state index in [9.17, 15) is 13.6 Å². The van der Waals surface area contributed by atoms with Gasteiger partial charge in [-0.1, -0.05) is 0 Å². The molecule has 0 bridgehead atoms. The molecule has 1 aromatic carbocycles. The fourth-order valence-electron chi connectivity index (χ4n) is 1.41. The summed E-state index contributed by atoms with van der Waals surface area (Å²) >= 11 is 0.880. The van der Waals surface area contributed by atoms with Gasteiger partial charge in [0.15, 0.2) is 0 Å². The van der Waals surface area contributed by atoms with Gasteiger partial charge in [-0.3, -0.25) is 0 Å². The highest BCUT2D eigenvalue weighted by Crippen LogP contribution is 2.33. The van der Waals surface area contributed by atoms with Crippen LogP contribution in [-0.2, 0) is 0 Å². The number of aromatic carboxylic acids is 1. The summed E-state index contributed by atoms with van der Waals surface area (Å²) in [6.45, 7) is 0. The lowest BCUT2D eigenvalue weighted by atomic mass is 10.2. The molecule has 2 rings (SSSR count). The Labute approximate surface area is 99.1 Å². The molecule has 3 N–H and O–H groups in total. The molecule has 88 valence electrons. The minimum atomic E-state index is -1.16. The Morgan fingerprint density at radius 2 is 1.76 bits per heavy atom. The quantitative estimate of drug-likeness (QED) is 0.867. The van der Waals surface area contributed by atoms with E-state index in [2.05, 4.69) is 0 Å². The zero-order valence-corrected chi connectivity index (χ0v) is 9.22. The van der Waals surface area contributed by atoms with Crippen molar-refractivity contribution < 1.29 is 18.7 Å². The van der Waals surface area contributed by atoms with E-state index in [0.29, 0.717) is 4.88 Å². The Bertz CT molecular complexity index is 575. The lowest BCUT2D eigenvalue weighted by molar-refractivity contribution is 0.0703. The number of hydrogen-bond acceptors (Lipinski definition) is 3. The van der Waals surface area contributed by atoms with Gasteiger partial charge in [-0.05, 0) is 23.8 Å². The first-order chi connectivity index (χ1) is 7.97. The van der Waals surface area contributed by atoms with E-state index < -0.39 is 17.6 Å². The van der Waals surface area contributed by atoms with Crippen LogP contribution in [0.25, 0.3) is 10.4 Å². The van der Waals surface area contributed by atoms with Gasteiger partial charge in [0.2, 0.25) is 0 Å². The first kappa shape index (κ1) is 11.5. The highest BCUT2D eigenvalue weighted by Gasteiger charge is 2.14. The maximum atomic E-state index is 13.0. The molecule has 0 unspecified atom stereocenters. The Morgan fingerprint density at radius 1 is 1.18 bits per heavy atom. The van der Waals surface area contributed by atoms with Crippen LogP contribution < -0.4 is 5.73 Å². The molecule has 0 fully saturated rings. The Hall–Kier alpha value is -1.95. The molecule has 0 radical (unpaired) electrons. The van der Waals surface area contributed by atoms with Crippen LogP contribution in [-0.4, -0.2) is 11.1 Å². The van der Waals surface area contributed by atoms with Crippen LogP contribution in [0.2, 0.25) is 0 Å². The summed E-state index contributed by atoms with van der Waals surface area (Å²) in [6.07, 6.45) is 0. The summed E-state index contributed by atoms with van der Waals surface area (Å²) in [6, 6.07) is 4.39. The second-order valence-electron chi connectivity index (χ2n) is 3.36. The number of halogens is 2. The number of rotatable bonds is 2. The lowest BCUT2D eigenvalue weighted by Gasteiger charge is -1.97. The number of thiophene rings is 1. The number of hydrogen-bond donors (Lipinski definition) is 2. The largest absolute Gasteiger partial charge is 0.477 e. The zero-order valence-electron chi connectivity index (χ0n) is 8.41. The molecule has 0 amide bonds. The first-order valence-electron chi connectivity index (χ1n) is 4.56. The number of carboxylic acid groups (broad SMARTS) is 1. The van der Waals surface area contributed by atoms with Gasteiger partial charge < -0.3 is 10.8 Å². The maximum Gasteiger partial charge on any atom is 0.348 e. The molecule has 0 saturated carbocycles. The Kier molecular flexibility index (Phi) is 2.81. The van der Waals surface area contributed by atoms with Crippen molar-refractivity contribution >= 4 is 23.0 Å². The summed E-state index contributed by atoms with van der Waals surface area (Å²) in [5.41, 5.74) is 5.85. The van der Waals surface area contributed by atoms with E-state index in [-0.39, 0.29) is 16.1 Å². The van der Waals surface area contributed by atoms with Crippen molar-refractivity contribution in [1.29, 1.82) is 0 Å². The highest BCUT2D eigenvalue weighted by atomic mass is 32.1. The minimum Gasteiger partial charge on any atom is -0.477 e. The summed E-state index contributed by atoms with van der Waals surface area (Å²) < 4.78 is 26.0. The molecule has 0 aliphatic carbocycles. The number of nitrogen functional groups attached to an aromatic ring is 1. The van der Waals surface area contributed by atoms with Crippen LogP contribution in [0.5, 0.6) is 0 Å². The van der Waals surface area contributed by atoms with Crippen molar-refractivity contribution in [3.05, 3.63) is 40.8 Å². The van der Waals surface area contributed by atoms with E-state index in [4.69, 9.17) is 10.8 Å². The first-order valence-corrected chi connectivity index (χ1v) is 5.38. The SMILES string of the molecule is Nc1cc(-c2cc(F)cc(F)c2)sc1C(=O)O. The van der Waals surface area contributed by atoms with E-state index in [1.165, 1.54) is 6.07 Å². The number of carbonyl (C=O) groups is 1. The smallest absolute Gasteiger partial charge is 0.348 e. The number of anilines is 1. The predicted molar refractivity (Wildman–Crippen MR) is 61.0 cm³/mol. The molecular weight excluding hydrogens is 248 g/mol. The van der Waals surface area contributed by atoms with Crippen molar-refractivity contribution in [1.82, 2.24) is 0 Å². The van der Waals surface area contributed by atoms with E-state index >= 15 is 0 Å². The number of carboxylic acids is 1. The van der Waals surface area contributed by atoms with Crippen molar-refractivity contribution in [2.24, 2.45) is 0 Å². The molecule has 2 aromatic rings. The van der Waals surface area contributed by atoms with E-state index in [1.54, 1.807) is 0 Å². The predicted octanol–water partition coefficient (Wildman–Crippen LogP) is 2.97. The van der Waals surface area contributed by atoms with Crippen molar-refractivity contribution in [2.45, 2.75) is 0 Å². The summed E-state index contributed by atoms with van der Waals surface area (Å²) in [4.78, 5) is 11.2. The van der Waals surface area contributed by atoms with Crippen LogP contribution in [0.4, 0.5) is 14.5 Å². The fourth-order valence-corrected chi connectivity index (χ4v) is 2.32. The van der Waals surface area contributed by atoms with Gasteiger partial charge >= 0.3 is 5.97 Å². The average Bonchev–Trinajstić information content (AvgIpc) is 2.59. The standard InChI is InChI=1S/C11H7F2NO2S/c12-6-1-5(2-7(13)3-6)9-4-8(14)10(17-9)11(15)16/h1-4H,14H2,(H,15,16). The topological polar surface area (TPSA) is 63.3 Å². The average molecular weight is 255 g/mol. The van der Waals surface area contributed by atoms with Gasteiger partial charge in [0.1, 0.15) is 16.5 Å². The molecule has 3 nitrogen and oxygen atoms in total. The van der Waals surface area contributed by atoms with Gasteiger partial charge in [0.05, 0.1) is 5.69 Å². The van der Waals surface area contributed by atoms with Crippen LogP contribution in [0.1, 0.15) is 9.67 Å². The fraction of sp³-hybridized carbons (Fsp3) is 0. The molecule has 1 heterocycles. The third kappa shape index (κ3) is 2.26. The third-order valence-electron chi connectivity index (χ3n) is 2.10. The minimum absolute atomic E-state index is 0.0373. The number of nitrogens with two attached hydrogens (primary N) is 1. The third-order valence-corrected chi connectivity index (χ3v) is 3.29. The van der Waals surface area contributed by atoms with Gasteiger partial charge in [-0.15, -0.1) is 11.3 Å². The van der Waals surface area contributed by atoms with Gasteiger partial charge in [-0.2, -0.15) is 0 Å². The van der Waals surface area contributed by atoms with E-state index in [0.717, 1.165) is 29.5 Å². The van der Waals surface area contributed by atoms with E-state index in [1.807, 2.05) is 0 Å². The summed E-state index contributed by atoms with van der Waals surface area (Å²) in [5, 5.41) is 8.82. The molecule has 0 spiro atoms. The van der Waals surface area contributed by atoms with Gasteiger partial charge in [-0.25, -0.2) is 13.6 Å². The van der Waals surface area contributed by atoms with Crippen molar-refractivity contribution in [3.63, 3.8) is 0 Å². The highest BCUT2D eigenvalue weighted by molar-refractivity contribution is 7.17. The molecule has 1 aromatic heterocycles. The zero-order chi connectivity index (χ0) is 12.6. The van der Waals surface area contributed by atoms with Crippen LogP contribution >= 0.6 is 11.3 Å². The van der Waals surface area contributed by atoms with Crippen LogP contribution in [0, 0.1) is 11.6 Å². The summed E-state index contributed by atoms with van der Waals surface area (Å²) in [7, 11) is 0. The molecule has 6 heteroatoms. The monoisotopic (exact) mass is 255 g/mol. The van der Waals surface area contributed by atoms with Crippen LogP contribution in [0.3, 0.4) is 0 Å². The van der Waals surface area contributed by atoms with Crippen LogP contribution in [0.15, 0.2) is 24.3 Å². The molecule has 0 saturated heterocycles. The van der Waals surface area contributed by atoms with Crippen molar-refractivity contribution in [2.75, 3.05) is 5.73 Å². The molecule has 17 heavy (non-hydrogen) atoms. The molecular formula is C11H7F2NO2S. The normalized spacial score (nSPS) is 10.5.